The van der Waals surface area contributed by atoms with Crippen molar-refractivity contribution < 1.29 is 17.9 Å². The molecule has 1 N–H and O–H groups in total. The molecule has 3 rings (SSSR count). The van der Waals surface area contributed by atoms with Crippen LogP contribution in [0.5, 0.6) is 5.75 Å². The maximum absolute atomic E-state index is 12.3. The van der Waals surface area contributed by atoms with Crippen molar-refractivity contribution in [3.8, 4) is 5.75 Å². The molecule has 0 saturated heterocycles. The Morgan fingerprint density at radius 1 is 1.23 bits per heavy atom. The smallest absolute Gasteiger partial charge is 0.266 e. The van der Waals surface area contributed by atoms with Crippen molar-refractivity contribution in [2.24, 2.45) is 0 Å². The van der Waals surface area contributed by atoms with Gasteiger partial charge in [0.15, 0.2) is 21.1 Å². The SMILES string of the molecule is CC(Oc1ccc(Br)cc1)C(=O)Nc1nc2ccc(S(C)(=O)=O)cc2s1. The second kappa shape index (κ2) is 7.34. The van der Waals surface area contributed by atoms with Crippen molar-refractivity contribution in [1.82, 2.24) is 4.98 Å². The Balaban J connectivity index is 1.73. The Morgan fingerprint density at radius 2 is 1.92 bits per heavy atom. The van der Waals surface area contributed by atoms with Crippen molar-refractivity contribution in [2.45, 2.75) is 17.9 Å². The number of anilines is 1. The van der Waals surface area contributed by atoms with Crippen LogP contribution < -0.4 is 10.1 Å². The highest BCUT2D eigenvalue weighted by atomic mass is 79.9. The van der Waals surface area contributed by atoms with Crippen LogP contribution in [-0.2, 0) is 14.6 Å². The van der Waals surface area contributed by atoms with Crippen LogP contribution in [0.15, 0.2) is 51.8 Å². The van der Waals surface area contributed by atoms with Crippen LogP contribution >= 0.6 is 27.3 Å². The second-order valence-electron chi connectivity index (χ2n) is 5.62. The number of hydrogen-bond acceptors (Lipinski definition) is 6. The van der Waals surface area contributed by atoms with Crippen molar-refractivity contribution >= 4 is 58.4 Å². The predicted molar refractivity (Wildman–Crippen MR) is 106 cm³/mol. The molecule has 0 saturated carbocycles. The number of nitrogens with one attached hydrogen (secondary N) is 1. The molecule has 136 valence electrons. The third-order valence-corrected chi connectivity index (χ3v) is 6.09. The van der Waals surface area contributed by atoms with E-state index in [0.717, 1.165) is 10.7 Å². The maximum Gasteiger partial charge on any atom is 0.266 e. The summed E-state index contributed by atoms with van der Waals surface area (Å²) in [5, 5.41) is 3.10. The molecule has 1 amide bonds. The highest BCUT2D eigenvalue weighted by Crippen LogP contribution is 2.28. The molecule has 0 aliphatic heterocycles. The van der Waals surface area contributed by atoms with Gasteiger partial charge in [0, 0.05) is 10.7 Å². The van der Waals surface area contributed by atoms with Crippen molar-refractivity contribution in [3.05, 3.63) is 46.9 Å². The summed E-state index contributed by atoms with van der Waals surface area (Å²) in [4.78, 5) is 16.8. The van der Waals surface area contributed by atoms with Crippen molar-refractivity contribution in [2.75, 3.05) is 11.6 Å². The van der Waals surface area contributed by atoms with Gasteiger partial charge in [-0.3, -0.25) is 10.1 Å². The number of sulfone groups is 1. The van der Waals surface area contributed by atoms with Crippen LogP contribution in [0.2, 0.25) is 0 Å². The zero-order chi connectivity index (χ0) is 18.9. The molecule has 2 aromatic carbocycles. The molecule has 0 fully saturated rings. The zero-order valence-electron chi connectivity index (χ0n) is 13.9. The summed E-state index contributed by atoms with van der Waals surface area (Å²) in [7, 11) is -3.29. The first-order valence-corrected chi connectivity index (χ1v) is 11.1. The summed E-state index contributed by atoms with van der Waals surface area (Å²) in [6.07, 6.45) is 0.439. The zero-order valence-corrected chi connectivity index (χ0v) is 17.1. The van der Waals surface area contributed by atoms with Gasteiger partial charge in [0.2, 0.25) is 0 Å². The summed E-state index contributed by atoms with van der Waals surface area (Å²) in [6.45, 7) is 1.65. The number of amides is 1. The maximum atomic E-state index is 12.3. The number of carbonyl (C=O) groups is 1. The molecule has 0 spiro atoms. The number of fused-ring (bicyclic) bond motifs is 1. The number of nitrogens with zero attached hydrogens (tertiary/aromatic N) is 1. The van der Waals surface area contributed by atoms with Crippen LogP contribution in [0.25, 0.3) is 10.2 Å². The number of benzene rings is 2. The molecule has 9 heteroatoms. The van der Waals surface area contributed by atoms with Gasteiger partial charge in [0.1, 0.15) is 5.75 Å². The van der Waals surface area contributed by atoms with E-state index in [1.54, 1.807) is 31.2 Å². The number of hydrogen-bond donors (Lipinski definition) is 1. The second-order valence-corrected chi connectivity index (χ2v) is 9.59. The summed E-state index contributed by atoms with van der Waals surface area (Å²) in [5.74, 6) is 0.244. The van der Waals surface area contributed by atoms with E-state index >= 15 is 0 Å². The Bertz CT molecular complexity index is 1060. The van der Waals surface area contributed by atoms with Gasteiger partial charge >= 0.3 is 0 Å². The van der Waals surface area contributed by atoms with Gasteiger partial charge in [-0.05, 0) is 49.4 Å². The quantitative estimate of drug-likeness (QED) is 0.632. The molecule has 1 aromatic heterocycles. The molecule has 6 nitrogen and oxygen atoms in total. The predicted octanol–water partition coefficient (Wildman–Crippen LogP) is 3.87. The minimum Gasteiger partial charge on any atom is -0.481 e. The fourth-order valence-corrected chi connectivity index (χ4v) is 4.06. The molecule has 0 bridgehead atoms. The Labute approximate surface area is 163 Å². The van der Waals surface area contributed by atoms with E-state index in [0.29, 0.717) is 21.1 Å². The fraction of sp³-hybridized carbons (Fsp3) is 0.176. The number of carbonyl (C=O) groups excluding carboxylic acids is 1. The van der Waals surface area contributed by atoms with Gasteiger partial charge in [-0.2, -0.15) is 0 Å². The first kappa shape index (κ1) is 18.8. The average Bonchev–Trinajstić information content (AvgIpc) is 2.97. The molecule has 0 aliphatic rings. The summed E-state index contributed by atoms with van der Waals surface area (Å²) in [5.41, 5.74) is 0.624. The molecular weight excluding hydrogens is 440 g/mol. The summed E-state index contributed by atoms with van der Waals surface area (Å²) < 4.78 is 30.5. The van der Waals surface area contributed by atoms with Crippen LogP contribution in [0, 0.1) is 0 Å². The van der Waals surface area contributed by atoms with E-state index in [-0.39, 0.29) is 10.8 Å². The standard InChI is InChI=1S/C17H15BrN2O4S2/c1-10(24-12-5-3-11(18)4-6-12)16(21)20-17-19-14-8-7-13(26(2,22)23)9-15(14)25-17/h3-10H,1-2H3,(H,19,20,21). The Hall–Kier alpha value is -1.97. The normalized spacial score (nSPS) is 12.7. The summed E-state index contributed by atoms with van der Waals surface area (Å²) in [6, 6.07) is 11.9. The molecule has 0 radical (unpaired) electrons. The molecule has 1 atom stereocenters. The highest BCUT2D eigenvalue weighted by Gasteiger charge is 2.17. The minimum atomic E-state index is -3.29. The molecule has 1 heterocycles. The largest absolute Gasteiger partial charge is 0.481 e. The van der Waals surface area contributed by atoms with E-state index in [4.69, 9.17) is 4.74 Å². The monoisotopic (exact) mass is 454 g/mol. The molecule has 26 heavy (non-hydrogen) atoms. The first-order valence-electron chi connectivity index (χ1n) is 7.56. The van der Waals surface area contributed by atoms with Crippen LogP contribution in [-0.4, -0.2) is 31.7 Å². The van der Waals surface area contributed by atoms with Gasteiger partial charge in [0.25, 0.3) is 5.91 Å². The van der Waals surface area contributed by atoms with Gasteiger partial charge in [-0.25, -0.2) is 13.4 Å². The van der Waals surface area contributed by atoms with E-state index in [1.165, 1.54) is 17.4 Å². The lowest BCUT2D eigenvalue weighted by Crippen LogP contribution is -2.30. The average molecular weight is 455 g/mol. The lowest BCUT2D eigenvalue weighted by molar-refractivity contribution is -0.122. The van der Waals surface area contributed by atoms with E-state index in [2.05, 4.69) is 26.2 Å². The molecule has 0 aliphatic carbocycles. The van der Waals surface area contributed by atoms with E-state index < -0.39 is 15.9 Å². The lowest BCUT2D eigenvalue weighted by Gasteiger charge is -2.13. The van der Waals surface area contributed by atoms with Gasteiger partial charge in [0.05, 0.1) is 15.1 Å². The minimum absolute atomic E-state index is 0.221. The van der Waals surface area contributed by atoms with Crippen molar-refractivity contribution in [1.29, 1.82) is 0 Å². The Morgan fingerprint density at radius 3 is 2.58 bits per heavy atom. The first-order chi connectivity index (χ1) is 12.2. The van der Waals surface area contributed by atoms with Gasteiger partial charge in [-0.15, -0.1) is 0 Å². The molecule has 1 unspecified atom stereocenters. The number of halogens is 1. The van der Waals surface area contributed by atoms with Crippen LogP contribution in [0.4, 0.5) is 5.13 Å². The number of aromatic nitrogens is 1. The third kappa shape index (κ3) is 4.40. The fourth-order valence-electron chi connectivity index (χ4n) is 2.17. The topological polar surface area (TPSA) is 85.4 Å². The van der Waals surface area contributed by atoms with E-state index in [9.17, 15) is 13.2 Å². The van der Waals surface area contributed by atoms with Gasteiger partial charge in [-0.1, -0.05) is 27.3 Å². The molecular formula is C17H15BrN2O4S2. The number of rotatable bonds is 5. The number of thiazole rings is 1. The lowest BCUT2D eigenvalue weighted by atomic mass is 10.3. The van der Waals surface area contributed by atoms with Crippen molar-refractivity contribution in [3.63, 3.8) is 0 Å². The van der Waals surface area contributed by atoms with Crippen LogP contribution in [0.1, 0.15) is 6.92 Å². The Kier molecular flexibility index (Phi) is 5.31. The molecule has 3 aromatic rings. The van der Waals surface area contributed by atoms with Gasteiger partial charge < -0.3 is 4.74 Å². The van der Waals surface area contributed by atoms with E-state index in [1.807, 2.05) is 12.1 Å². The summed E-state index contributed by atoms with van der Waals surface area (Å²) >= 11 is 4.55. The highest BCUT2D eigenvalue weighted by molar-refractivity contribution is 9.10. The number of ether oxygens (including phenoxy) is 1. The third-order valence-electron chi connectivity index (χ3n) is 3.51. The van der Waals surface area contributed by atoms with Crippen LogP contribution in [0.3, 0.4) is 0 Å².